The summed E-state index contributed by atoms with van der Waals surface area (Å²) in [5, 5.41) is 13.6. The molecule has 0 fully saturated rings. The largest absolute Gasteiger partial charge is 0.340 e. The number of nitrogens with zero attached hydrogens (tertiary/aromatic N) is 3. The van der Waals surface area contributed by atoms with E-state index in [9.17, 15) is 0 Å². The molecule has 2 heterocycles. The Bertz CT molecular complexity index is 633. The van der Waals surface area contributed by atoms with E-state index in [4.69, 9.17) is 5.26 Å². The minimum absolute atomic E-state index is 0.227. The van der Waals surface area contributed by atoms with Crippen molar-refractivity contribution in [2.24, 2.45) is 7.05 Å². The third-order valence-corrected chi connectivity index (χ3v) is 4.97. The number of nitriles is 1. The van der Waals surface area contributed by atoms with E-state index >= 15 is 0 Å². The second-order valence-electron chi connectivity index (χ2n) is 4.93. The Morgan fingerprint density at radius 2 is 2.30 bits per heavy atom. The number of hydrogen-bond donors (Lipinski definition) is 1. The van der Waals surface area contributed by atoms with Crippen molar-refractivity contribution in [2.75, 3.05) is 0 Å². The summed E-state index contributed by atoms with van der Waals surface area (Å²) in [6.45, 7) is 7.07. The zero-order valence-electron chi connectivity index (χ0n) is 12.4. The molecule has 1 unspecified atom stereocenters. The molecule has 0 aliphatic rings. The van der Waals surface area contributed by atoms with Crippen molar-refractivity contribution < 1.29 is 0 Å². The Labute approximate surface area is 124 Å². The standard InChI is InChI=1S/C15H20N4S/c1-5-14-9-18-15(20-14)10(2)17-8-12-6-13(7-16)19(4)11(12)3/h6,9-10,17H,5,8H2,1-4H3. The molecule has 0 saturated carbocycles. The zero-order chi connectivity index (χ0) is 14.7. The number of aryl methyl sites for hydroxylation is 1. The van der Waals surface area contributed by atoms with Gasteiger partial charge in [-0.25, -0.2) is 4.98 Å². The van der Waals surface area contributed by atoms with Crippen molar-refractivity contribution in [2.45, 2.75) is 39.8 Å². The van der Waals surface area contributed by atoms with Gasteiger partial charge in [0.15, 0.2) is 0 Å². The fourth-order valence-corrected chi connectivity index (χ4v) is 2.97. The molecular formula is C15H20N4S. The Balaban J connectivity index is 2.03. The van der Waals surface area contributed by atoms with Crippen LogP contribution in [0.2, 0.25) is 0 Å². The molecule has 1 atom stereocenters. The Morgan fingerprint density at radius 1 is 1.55 bits per heavy atom. The molecule has 1 N–H and O–H groups in total. The Morgan fingerprint density at radius 3 is 2.85 bits per heavy atom. The topological polar surface area (TPSA) is 53.6 Å². The second-order valence-corrected chi connectivity index (χ2v) is 6.08. The Kier molecular flexibility index (Phi) is 4.58. The normalized spacial score (nSPS) is 12.3. The maximum Gasteiger partial charge on any atom is 0.120 e. The summed E-state index contributed by atoms with van der Waals surface area (Å²) < 4.78 is 1.93. The van der Waals surface area contributed by atoms with Crippen LogP contribution in [0, 0.1) is 18.3 Å². The van der Waals surface area contributed by atoms with Gasteiger partial charge >= 0.3 is 0 Å². The van der Waals surface area contributed by atoms with Crippen molar-refractivity contribution in [3.05, 3.63) is 39.1 Å². The second kappa shape index (κ2) is 6.21. The van der Waals surface area contributed by atoms with Crippen molar-refractivity contribution >= 4 is 11.3 Å². The first-order valence-electron chi connectivity index (χ1n) is 6.80. The van der Waals surface area contributed by atoms with Gasteiger partial charge in [-0.1, -0.05) is 6.92 Å². The zero-order valence-corrected chi connectivity index (χ0v) is 13.2. The molecular weight excluding hydrogens is 268 g/mol. The van der Waals surface area contributed by atoms with Gasteiger partial charge in [-0.2, -0.15) is 5.26 Å². The molecule has 2 rings (SSSR count). The maximum absolute atomic E-state index is 9.04. The van der Waals surface area contributed by atoms with Gasteiger partial charge in [0.2, 0.25) is 0 Å². The van der Waals surface area contributed by atoms with Crippen LogP contribution in [0.1, 0.15) is 46.7 Å². The minimum atomic E-state index is 0.227. The predicted molar refractivity (Wildman–Crippen MR) is 81.6 cm³/mol. The first-order chi connectivity index (χ1) is 9.56. The molecule has 2 aromatic heterocycles. The third kappa shape index (κ3) is 2.92. The van der Waals surface area contributed by atoms with Gasteiger partial charge in [0.1, 0.15) is 16.8 Å². The van der Waals surface area contributed by atoms with E-state index < -0.39 is 0 Å². The molecule has 0 spiro atoms. The molecule has 0 aliphatic carbocycles. The van der Waals surface area contributed by atoms with Crippen molar-refractivity contribution in [1.82, 2.24) is 14.9 Å². The van der Waals surface area contributed by atoms with Crippen LogP contribution in [0.4, 0.5) is 0 Å². The summed E-state index contributed by atoms with van der Waals surface area (Å²) in [4.78, 5) is 5.78. The fourth-order valence-electron chi connectivity index (χ4n) is 2.09. The van der Waals surface area contributed by atoms with E-state index in [0.29, 0.717) is 5.69 Å². The van der Waals surface area contributed by atoms with E-state index in [0.717, 1.165) is 23.7 Å². The van der Waals surface area contributed by atoms with E-state index in [1.54, 1.807) is 11.3 Å². The minimum Gasteiger partial charge on any atom is -0.340 e. The van der Waals surface area contributed by atoms with E-state index in [-0.39, 0.29) is 6.04 Å². The number of aromatic nitrogens is 2. The first-order valence-corrected chi connectivity index (χ1v) is 7.61. The SMILES string of the molecule is CCc1cnc(C(C)NCc2cc(C#N)n(C)c2C)s1. The van der Waals surface area contributed by atoms with Gasteiger partial charge in [0.05, 0.1) is 6.04 Å². The number of thiazole rings is 1. The quantitative estimate of drug-likeness (QED) is 0.920. The van der Waals surface area contributed by atoms with E-state index in [1.165, 1.54) is 10.4 Å². The van der Waals surface area contributed by atoms with Gasteiger partial charge in [0.25, 0.3) is 0 Å². The van der Waals surface area contributed by atoms with Crippen LogP contribution in [-0.4, -0.2) is 9.55 Å². The monoisotopic (exact) mass is 288 g/mol. The molecule has 0 saturated heterocycles. The van der Waals surface area contributed by atoms with Gasteiger partial charge in [-0.05, 0) is 31.9 Å². The smallest absolute Gasteiger partial charge is 0.120 e. The third-order valence-electron chi connectivity index (χ3n) is 3.64. The average molecular weight is 288 g/mol. The lowest BCUT2D eigenvalue weighted by molar-refractivity contribution is 0.570. The predicted octanol–water partition coefficient (Wildman–Crippen LogP) is 3.07. The highest BCUT2D eigenvalue weighted by Crippen LogP contribution is 2.21. The molecule has 20 heavy (non-hydrogen) atoms. The average Bonchev–Trinajstić information content (AvgIpc) is 3.04. The van der Waals surface area contributed by atoms with Crippen LogP contribution < -0.4 is 5.32 Å². The Hall–Kier alpha value is -1.64. The lowest BCUT2D eigenvalue weighted by atomic mass is 10.2. The highest BCUT2D eigenvalue weighted by molar-refractivity contribution is 7.11. The summed E-state index contributed by atoms with van der Waals surface area (Å²) in [6.07, 6.45) is 2.99. The fraction of sp³-hybridized carbons (Fsp3) is 0.467. The highest BCUT2D eigenvalue weighted by atomic mass is 32.1. The van der Waals surface area contributed by atoms with E-state index in [1.807, 2.05) is 30.8 Å². The first kappa shape index (κ1) is 14.8. The summed E-state index contributed by atoms with van der Waals surface area (Å²) >= 11 is 1.76. The summed E-state index contributed by atoms with van der Waals surface area (Å²) in [5.74, 6) is 0. The maximum atomic E-state index is 9.04. The highest BCUT2D eigenvalue weighted by Gasteiger charge is 2.12. The number of nitrogens with one attached hydrogen (secondary N) is 1. The van der Waals surface area contributed by atoms with Crippen LogP contribution in [0.25, 0.3) is 0 Å². The number of rotatable bonds is 5. The molecule has 0 aromatic carbocycles. The summed E-state index contributed by atoms with van der Waals surface area (Å²) in [5.41, 5.74) is 3.01. The van der Waals surface area contributed by atoms with Gasteiger partial charge in [0, 0.05) is 30.4 Å². The molecule has 0 bridgehead atoms. The van der Waals surface area contributed by atoms with Crippen LogP contribution >= 0.6 is 11.3 Å². The van der Waals surface area contributed by atoms with Crippen LogP contribution in [-0.2, 0) is 20.0 Å². The summed E-state index contributed by atoms with van der Waals surface area (Å²) in [7, 11) is 1.93. The van der Waals surface area contributed by atoms with Crippen LogP contribution in [0.3, 0.4) is 0 Å². The van der Waals surface area contributed by atoms with Crippen molar-refractivity contribution in [3.8, 4) is 6.07 Å². The van der Waals surface area contributed by atoms with E-state index in [2.05, 4.69) is 30.2 Å². The van der Waals surface area contributed by atoms with Gasteiger partial charge < -0.3 is 9.88 Å². The molecule has 0 amide bonds. The molecule has 2 aromatic rings. The van der Waals surface area contributed by atoms with Crippen molar-refractivity contribution in [1.29, 1.82) is 5.26 Å². The molecule has 4 nitrogen and oxygen atoms in total. The van der Waals surface area contributed by atoms with Gasteiger partial charge in [-0.3, -0.25) is 0 Å². The molecule has 5 heteroatoms. The summed E-state index contributed by atoms with van der Waals surface area (Å²) in [6, 6.07) is 4.39. The molecule has 106 valence electrons. The molecule has 0 radical (unpaired) electrons. The number of hydrogen-bond acceptors (Lipinski definition) is 4. The lowest BCUT2D eigenvalue weighted by Gasteiger charge is -2.11. The van der Waals surface area contributed by atoms with Crippen molar-refractivity contribution in [3.63, 3.8) is 0 Å². The lowest BCUT2D eigenvalue weighted by Crippen LogP contribution is -2.18. The van der Waals surface area contributed by atoms with Crippen LogP contribution in [0.15, 0.2) is 12.3 Å². The van der Waals surface area contributed by atoms with Crippen LogP contribution in [0.5, 0.6) is 0 Å². The molecule has 0 aliphatic heterocycles. The van der Waals surface area contributed by atoms with Gasteiger partial charge in [-0.15, -0.1) is 11.3 Å².